The molecule has 0 saturated carbocycles. The van der Waals surface area contributed by atoms with Gasteiger partial charge in [-0.2, -0.15) is 0 Å². The Balaban J connectivity index is 2.26. The topological polar surface area (TPSA) is 64.6 Å². The number of hydrogen-bond donors (Lipinski definition) is 1. The number of sulfonamides is 1. The highest BCUT2D eigenvalue weighted by atomic mass is 35.5. The minimum absolute atomic E-state index is 0.0812. The molecule has 0 aromatic heterocycles. The summed E-state index contributed by atoms with van der Waals surface area (Å²) >= 11 is 6.08. The molecule has 0 saturated heterocycles. The molecule has 0 radical (unpaired) electrons. The Morgan fingerprint density at radius 3 is 2.50 bits per heavy atom. The van der Waals surface area contributed by atoms with Crippen molar-refractivity contribution in [2.45, 2.75) is 24.8 Å². The van der Waals surface area contributed by atoms with E-state index in [0.717, 1.165) is 5.56 Å². The Morgan fingerprint density at radius 1 is 1.17 bits per heavy atom. The van der Waals surface area contributed by atoms with Gasteiger partial charge in [-0.1, -0.05) is 29.8 Å². The lowest BCUT2D eigenvalue weighted by atomic mass is 10.1. The van der Waals surface area contributed by atoms with Gasteiger partial charge in [-0.05, 0) is 38.1 Å². The molecule has 0 fully saturated rings. The van der Waals surface area contributed by atoms with Crippen LogP contribution in [0.25, 0.3) is 0 Å². The summed E-state index contributed by atoms with van der Waals surface area (Å²) < 4.78 is 38.4. The second-order valence-corrected chi connectivity index (χ2v) is 7.23. The summed E-state index contributed by atoms with van der Waals surface area (Å²) in [7, 11) is -2.18. The average molecular weight is 370 g/mol. The van der Waals surface area contributed by atoms with Crippen molar-refractivity contribution in [3.05, 3.63) is 53.1 Å². The molecule has 0 heterocycles. The van der Waals surface area contributed by atoms with E-state index in [1.54, 1.807) is 26.2 Å². The third kappa shape index (κ3) is 4.20. The maximum atomic E-state index is 12.6. The van der Waals surface area contributed by atoms with E-state index in [1.165, 1.54) is 12.1 Å². The quantitative estimate of drug-likeness (QED) is 0.806. The molecule has 0 spiro atoms. The Hall–Kier alpha value is -1.76. The minimum atomic E-state index is -3.73. The summed E-state index contributed by atoms with van der Waals surface area (Å²) in [6.45, 7) is 4.04. The molecule has 7 heteroatoms. The number of benzene rings is 2. The Bertz CT molecular complexity index is 808. The molecule has 24 heavy (non-hydrogen) atoms. The molecule has 0 aliphatic heterocycles. The fraction of sp³-hybridized carbons (Fsp3) is 0.294. The SMILES string of the molecule is CCOc1ccc(S(=O)(=O)N[C@H](C)c2ccccc2OC)cc1Cl. The molecular formula is C17H20ClNO4S. The Morgan fingerprint density at radius 2 is 1.88 bits per heavy atom. The Kier molecular flexibility index (Phi) is 6.10. The van der Waals surface area contributed by atoms with Crippen LogP contribution in [0.15, 0.2) is 47.4 Å². The van der Waals surface area contributed by atoms with Crippen molar-refractivity contribution < 1.29 is 17.9 Å². The van der Waals surface area contributed by atoms with Crippen LogP contribution in [0.5, 0.6) is 11.5 Å². The van der Waals surface area contributed by atoms with E-state index in [-0.39, 0.29) is 9.92 Å². The van der Waals surface area contributed by atoms with Gasteiger partial charge in [0.15, 0.2) is 0 Å². The van der Waals surface area contributed by atoms with Crippen LogP contribution >= 0.6 is 11.6 Å². The van der Waals surface area contributed by atoms with Gasteiger partial charge in [-0.3, -0.25) is 0 Å². The van der Waals surface area contributed by atoms with Crippen LogP contribution in [-0.4, -0.2) is 22.1 Å². The summed E-state index contributed by atoms with van der Waals surface area (Å²) in [5.41, 5.74) is 0.751. The van der Waals surface area contributed by atoms with Crippen LogP contribution in [0.3, 0.4) is 0 Å². The molecule has 0 aliphatic rings. The van der Waals surface area contributed by atoms with Gasteiger partial charge in [0.25, 0.3) is 0 Å². The van der Waals surface area contributed by atoms with Crippen molar-refractivity contribution in [2.24, 2.45) is 0 Å². The highest BCUT2D eigenvalue weighted by molar-refractivity contribution is 7.89. The number of methoxy groups -OCH3 is 1. The van der Waals surface area contributed by atoms with E-state index >= 15 is 0 Å². The third-order valence-corrected chi connectivity index (χ3v) is 5.28. The Labute approximate surface area is 147 Å². The van der Waals surface area contributed by atoms with Crippen molar-refractivity contribution in [1.29, 1.82) is 0 Å². The summed E-state index contributed by atoms with van der Waals surface area (Å²) in [5, 5.41) is 0.254. The van der Waals surface area contributed by atoms with Gasteiger partial charge in [0.05, 0.1) is 23.6 Å². The molecule has 0 bridgehead atoms. The lowest BCUT2D eigenvalue weighted by molar-refractivity contribution is 0.340. The van der Waals surface area contributed by atoms with Gasteiger partial charge in [0.1, 0.15) is 11.5 Å². The van der Waals surface area contributed by atoms with Crippen molar-refractivity contribution in [2.75, 3.05) is 13.7 Å². The number of ether oxygens (including phenoxy) is 2. The van der Waals surface area contributed by atoms with Gasteiger partial charge < -0.3 is 9.47 Å². The average Bonchev–Trinajstić information content (AvgIpc) is 2.56. The first kappa shape index (κ1) is 18.6. The molecule has 2 rings (SSSR count). The van der Waals surface area contributed by atoms with Gasteiger partial charge >= 0.3 is 0 Å². The van der Waals surface area contributed by atoms with Crippen LogP contribution in [0.1, 0.15) is 25.5 Å². The first-order chi connectivity index (χ1) is 11.4. The standard InChI is InChI=1S/C17H20ClNO4S/c1-4-23-17-10-9-13(11-15(17)18)24(20,21)19-12(2)14-7-5-6-8-16(14)22-3/h5-12,19H,4H2,1-3H3/t12-/m1/s1. The van der Waals surface area contributed by atoms with E-state index in [1.807, 2.05) is 25.1 Å². The second kappa shape index (κ2) is 7.88. The summed E-state index contributed by atoms with van der Waals surface area (Å²) in [5.74, 6) is 1.08. The van der Waals surface area contributed by atoms with E-state index < -0.39 is 16.1 Å². The number of nitrogens with one attached hydrogen (secondary N) is 1. The van der Waals surface area contributed by atoms with Gasteiger partial charge in [-0.15, -0.1) is 0 Å². The predicted molar refractivity (Wildman–Crippen MR) is 94.4 cm³/mol. The third-order valence-electron chi connectivity index (χ3n) is 3.45. The molecule has 130 valence electrons. The zero-order chi connectivity index (χ0) is 17.7. The van der Waals surface area contributed by atoms with Crippen molar-refractivity contribution >= 4 is 21.6 Å². The molecule has 5 nitrogen and oxygen atoms in total. The largest absolute Gasteiger partial charge is 0.496 e. The summed E-state index contributed by atoms with van der Waals surface area (Å²) in [6, 6.07) is 11.2. The number of para-hydroxylation sites is 1. The number of hydrogen-bond acceptors (Lipinski definition) is 4. The fourth-order valence-corrected chi connectivity index (χ4v) is 3.86. The van der Waals surface area contributed by atoms with Gasteiger partial charge in [0.2, 0.25) is 10.0 Å². The van der Waals surface area contributed by atoms with E-state index in [2.05, 4.69) is 4.72 Å². The lowest BCUT2D eigenvalue weighted by Crippen LogP contribution is -2.27. The van der Waals surface area contributed by atoms with Crippen LogP contribution in [0, 0.1) is 0 Å². The molecule has 1 N–H and O–H groups in total. The molecule has 0 unspecified atom stereocenters. The highest BCUT2D eigenvalue weighted by Gasteiger charge is 2.21. The zero-order valence-electron chi connectivity index (χ0n) is 13.7. The van der Waals surface area contributed by atoms with E-state index in [4.69, 9.17) is 21.1 Å². The predicted octanol–water partition coefficient (Wildman–Crippen LogP) is 3.79. The van der Waals surface area contributed by atoms with Crippen molar-refractivity contribution in [3.63, 3.8) is 0 Å². The maximum absolute atomic E-state index is 12.6. The van der Waals surface area contributed by atoms with E-state index in [9.17, 15) is 8.42 Å². The maximum Gasteiger partial charge on any atom is 0.241 e. The number of rotatable bonds is 7. The van der Waals surface area contributed by atoms with Crippen molar-refractivity contribution in [1.82, 2.24) is 4.72 Å². The van der Waals surface area contributed by atoms with Crippen LogP contribution in [0.2, 0.25) is 5.02 Å². The molecule has 0 aliphatic carbocycles. The molecule has 1 atom stereocenters. The molecule has 2 aromatic rings. The molecular weight excluding hydrogens is 350 g/mol. The smallest absolute Gasteiger partial charge is 0.241 e. The first-order valence-corrected chi connectivity index (χ1v) is 9.32. The fourth-order valence-electron chi connectivity index (χ4n) is 2.31. The monoisotopic (exact) mass is 369 g/mol. The van der Waals surface area contributed by atoms with Gasteiger partial charge in [0, 0.05) is 11.6 Å². The first-order valence-electron chi connectivity index (χ1n) is 7.46. The minimum Gasteiger partial charge on any atom is -0.496 e. The molecule has 0 amide bonds. The van der Waals surface area contributed by atoms with Crippen LogP contribution in [-0.2, 0) is 10.0 Å². The van der Waals surface area contributed by atoms with Crippen LogP contribution in [0.4, 0.5) is 0 Å². The summed E-state index contributed by atoms with van der Waals surface area (Å²) in [4.78, 5) is 0.0812. The number of halogens is 1. The second-order valence-electron chi connectivity index (χ2n) is 5.11. The lowest BCUT2D eigenvalue weighted by Gasteiger charge is -2.17. The van der Waals surface area contributed by atoms with Crippen molar-refractivity contribution in [3.8, 4) is 11.5 Å². The normalized spacial score (nSPS) is 12.7. The zero-order valence-corrected chi connectivity index (χ0v) is 15.3. The highest BCUT2D eigenvalue weighted by Crippen LogP contribution is 2.29. The molecule has 2 aromatic carbocycles. The van der Waals surface area contributed by atoms with E-state index in [0.29, 0.717) is 18.1 Å². The van der Waals surface area contributed by atoms with Crippen LogP contribution < -0.4 is 14.2 Å². The summed E-state index contributed by atoms with van der Waals surface area (Å²) in [6.07, 6.45) is 0. The van der Waals surface area contributed by atoms with Gasteiger partial charge in [-0.25, -0.2) is 13.1 Å².